The number of nitrogens with one attached hydrogen (secondary N) is 1. The van der Waals surface area contributed by atoms with E-state index in [1.807, 2.05) is 30.3 Å². The van der Waals surface area contributed by atoms with E-state index >= 15 is 0 Å². The number of piperidine rings is 1. The van der Waals surface area contributed by atoms with Crippen molar-refractivity contribution in [3.05, 3.63) is 53.6 Å². The second kappa shape index (κ2) is 10.9. The lowest BCUT2D eigenvalue weighted by atomic mass is 9.97. The Bertz CT molecular complexity index is 800. The zero-order valence-electron chi connectivity index (χ0n) is 18.1. The number of hydrogen-bond acceptors (Lipinski definition) is 5. The van der Waals surface area contributed by atoms with Gasteiger partial charge in [0.2, 0.25) is 5.91 Å². The molecule has 3 rings (SSSR count). The fourth-order valence-corrected chi connectivity index (χ4v) is 3.93. The van der Waals surface area contributed by atoms with Gasteiger partial charge in [0.05, 0.1) is 27.8 Å². The average Bonchev–Trinajstić information content (AvgIpc) is 2.78. The highest BCUT2D eigenvalue weighted by molar-refractivity contribution is 5.78. The van der Waals surface area contributed by atoms with Gasteiger partial charge in [-0.3, -0.25) is 9.69 Å². The van der Waals surface area contributed by atoms with E-state index in [-0.39, 0.29) is 5.91 Å². The van der Waals surface area contributed by atoms with Crippen molar-refractivity contribution in [2.45, 2.75) is 25.8 Å². The van der Waals surface area contributed by atoms with Crippen LogP contribution in [-0.2, 0) is 17.8 Å². The van der Waals surface area contributed by atoms with E-state index in [2.05, 4.69) is 22.3 Å². The molecule has 1 amide bonds. The second-order valence-electron chi connectivity index (χ2n) is 7.79. The first kappa shape index (κ1) is 22.0. The molecule has 0 radical (unpaired) electrons. The molecule has 1 aliphatic rings. The Labute approximate surface area is 179 Å². The molecule has 0 saturated carbocycles. The first-order valence-corrected chi connectivity index (χ1v) is 10.4. The number of methoxy groups -OCH3 is 3. The minimum Gasteiger partial charge on any atom is -0.497 e. The summed E-state index contributed by atoms with van der Waals surface area (Å²) < 4.78 is 15.9. The van der Waals surface area contributed by atoms with Crippen LogP contribution in [0.3, 0.4) is 0 Å². The smallest absolute Gasteiger partial charge is 0.224 e. The standard InChI is InChI=1S/C24H32N2O4/c1-28-21-8-6-18(7-9-21)13-24(27)25-15-19-5-4-10-26(16-19)17-20-11-22(29-2)14-23(12-20)30-3/h6-9,11-12,14,19H,4-5,10,13,15-17H2,1-3H3,(H,25,27)/t19-/m0/s1. The molecule has 0 aromatic heterocycles. The molecule has 0 bridgehead atoms. The van der Waals surface area contributed by atoms with Gasteiger partial charge in [0.1, 0.15) is 17.2 Å². The lowest BCUT2D eigenvalue weighted by molar-refractivity contribution is -0.120. The molecule has 1 atom stereocenters. The van der Waals surface area contributed by atoms with Gasteiger partial charge < -0.3 is 19.5 Å². The number of carbonyl (C=O) groups is 1. The van der Waals surface area contributed by atoms with Gasteiger partial charge in [-0.15, -0.1) is 0 Å². The summed E-state index contributed by atoms with van der Waals surface area (Å²) in [6.45, 7) is 3.61. The molecular weight excluding hydrogens is 380 g/mol. The van der Waals surface area contributed by atoms with E-state index in [0.717, 1.165) is 55.3 Å². The van der Waals surface area contributed by atoms with Gasteiger partial charge in [0, 0.05) is 25.7 Å². The lowest BCUT2D eigenvalue weighted by Gasteiger charge is -2.33. The van der Waals surface area contributed by atoms with Crippen LogP contribution in [0.4, 0.5) is 0 Å². The highest BCUT2D eigenvalue weighted by Crippen LogP contribution is 2.25. The van der Waals surface area contributed by atoms with Crippen molar-refractivity contribution in [3.63, 3.8) is 0 Å². The Morgan fingerprint density at radius 1 is 0.967 bits per heavy atom. The Hall–Kier alpha value is -2.73. The largest absolute Gasteiger partial charge is 0.497 e. The van der Waals surface area contributed by atoms with Gasteiger partial charge >= 0.3 is 0 Å². The van der Waals surface area contributed by atoms with Gasteiger partial charge in [-0.2, -0.15) is 0 Å². The molecule has 1 aliphatic heterocycles. The summed E-state index contributed by atoms with van der Waals surface area (Å²) in [5, 5.41) is 3.11. The summed E-state index contributed by atoms with van der Waals surface area (Å²) in [4.78, 5) is 14.8. The van der Waals surface area contributed by atoms with Gasteiger partial charge in [-0.05, 0) is 60.7 Å². The summed E-state index contributed by atoms with van der Waals surface area (Å²) >= 11 is 0. The van der Waals surface area contributed by atoms with Crippen LogP contribution >= 0.6 is 0 Å². The maximum atomic E-state index is 12.3. The van der Waals surface area contributed by atoms with Crippen molar-refractivity contribution in [1.29, 1.82) is 0 Å². The topological polar surface area (TPSA) is 60.0 Å². The molecule has 30 heavy (non-hydrogen) atoms. The Kier molecular flexibility index (Phi) is 7.97. The third-order valence-electron chi connectivity index (χ3n) is 5.53. The van der Waals surface area contributed by atoms with Crippen molar-refractivity contribution >= 4 is 5.91 Å². The number of nitrogens with zero attached hydrogens (tertiary/aromatic N) is 1. The van der Waals surface area contributed by atoms with Gasteiger partial charge in [-0.25, -0.2) is 0 Å². The number of carbonyl (C=O) groups excluding carboxylic acids is 1. The van der Waals surface area contributed by atoms with E-state index in [9.17, 15) is 4.79 Å². The van der Waals surface area contributed by atoms with Crippen LogP contribution in [0, 0.1) is 5.92 Å². The summed E-state index contributed by atoms with van der Waals surface area (Å²) in [7, 11) is 4.98. The number of rotatable bonds is 9. The van der Waals surface area contributed by atoms with E-state index in [0.29, 0.717) is 18.9 Å². The molecular formula is C24H32N2O4. The fraction of sp³-hybridized carbons (Fsp3) is 0.458. The maximum absolute atomic E-state index is 12.3. The molecule has 1 saturated heterocycles. The van der Waals surface area contributed by atoms with E-state index in [1.165, 1.54) is 5.56 Å². The van der Waals surface area contributed by atoms with Crippen LogP contribution in [0.1, 0.15) is 24.0 Å². The van der Waals surface area contributed by atoms with E-state index < -0.39 is 0 Å². The van der Waals surface area contributed by atoms with Crippen molar-refractivity contribution < 1.29 is 19.0 Å². The first-order valence-electron chi connectivity index (χ1n) is 10.4. The van der Waals surface area contributed by atoms with Crippen molar-refractivity contribution in [2.24, 2.45) is 5.92 Å². The highest BCUT2D eigenvalue weighted by atomic mass is 16.5. The molecule has 162 valence electrons. The number of hydrogen-bond donors (Lipinski definition) is 1. The second-order valence-corrected chi connectivity index (χ2v) is 7.79. The zero-order valence-corrected chi connectivity index (χ0v) is 18.1. The first-order chi connectivity index (χ1) is 14.6. The maximum Gasteiger partial charge on any atom is 0.224 e. The molecule has 6 heteroatoms. The van der Waals surface area contributed by atoms with Crippen LogP contribution in [0.2, 0.25) is 0 Å². The van der Waals surface area contributed by atoms with Crippen LogP contribution in [-0.4, -0.2) is 51.8 Å². The minimum absolute atomic E-state index is 0.0647. The Morgan fingerprint density at radius 3 is 2.27 bits per heavy atom. The van der Waals surface area contributed by atoms with Crippen LogP contribution in [0.15, 0.2) is 42.5 Å². The van der Waals surface area contributed by atoms with E-state index in [4.69, 9.17) is 14.2 Å². The molecule has 0 spiro atoms. The number of ether oxygens (including phenoxy) is 3. The van der Waals surface area contributed by atoms with Crippen molar-refractivity contribution in [1.82, 2.24) is 10.2 Å². The summed E-state index contributed by atoms with van der Waals surface area (Å²) in [5.74, 6) is 2.95. The molecule has 2 aromatic rings. The van der Waals surface area contributed by atoms with Gasteiger partial charge in [-0.1, -0.05) is 12.1 Å². The van der Waals surface area contributed by atoms with Crippen LogP contribution in [0.5, 0.6) is 17.2 Å². The highest BCUT2D eigenvalue weighted by Gasteiger charge is 2.21. The molecule has 2 aromatic carbocycles. The lowest BCUT2D eigenvalue weighted by Crippen LogP contribution is -2.40. The van der Waals surface area contributed by atoms with Crippen molar-refractivity contribution in [2.75, 3.05) is 41.0 Å². The van der Waals surface area contributed by atoms with Gasteiger partial charge in [0.15, 0.2) is 0 Å². The Morgan fingerprint density at radius 2 is 1.63 bits per heavy atom. The molecule has 1 fully saturated rings. The molecule has 1 N–H and O–H groups in total. The third-order valence-corrected chi connectivity index (χ3v) is 5.53. The number of likely N-dealkylation sites (tertiary alicyclic amines) is 1. The summed E-state index contributed by atoms with van der Waals surface area (Å²) in [6.07, 6.45) is 2.67. The van der Waals surface area contributed by atoms with E-state index in [1.54, 1.807) is 21.3 Å². The van der Waals surface area contributed by atoms with Crippen LogP contribution in [0.25, 0.3) is 0 Å². The minimum atomic E-state index is 0.0647. The van der Waals surface area contributed by atoms with Gasteiger partial charge in [0.25, 0.3) is 0 Å². The number of benzene rings is 2. The molecule has 6 nitrogen and oxygen atoms in total. The molecule has 1 heterocycles. The Balaban J connectivity index is 1.48. The monoisotopic (exact) mass is 412 g/mol. The predicted molar refractivity (Wildman–Crippen MR) is 117 cm³/mol. The SMILES string of the molecule is COc1ccc(CC(=O)NC[C@@H]2CCCN(Cc3cc(OC)cc(OC)c3)C2)cc1. The molecule has 0 unspecified atom stereocenters. The summed E-state index contributed by atoms with van der Waals surface area (Å²) in [5.41, 5.74) is 2.17. The fourth-order valence-electron chi connectivity index (χ4n) is 3.93. The zero-order chi connectivity index (χ0) is 21.3. The predicted octanol–water partition coefficient (Wildman–Crippen LogP) is 3.28. The van der Waals surface area contributed by atoms with Crippen molar-refractivity contribution in [3.8, 4) is 17.2 Å². The number of amides is 1. The summed E-state index contributed by atoms with van der Waals surface area (Å²) in [6, 6.07) is 13.6. The molecule has 0 aliphatic carbocycles. The third kappa shape index (κ3) is 6.39. The average molecular weight is 413 g/mol. The normalized spacial score (nSPS) is 16.7. The quantitative estimate of drug-likeness (QED) is 0.685. The van der Waals surface area contributed by atoms with Crippen LogP contribution < -0.4 is 19.5 Å².